The monoisotopic (exact) mass is 361 g/mol. The van der Waals surface area contributed by atoms with E-state index in [2.05, 4.69) is 5.32 Å². The minimum absolute atomic E-state index is 0.155. The Hall–Kier alpha value is -2.85. The van der Waals surface area contributed by atoms with Crippen molar-refractivity contribution in [2.75, 3.05) is 18.4 Å². The van der Waals surface area contributed by atoms with Gasteiger partial charge < -0.3 is 15.3 Å². The van der Waals surface area contributed by atoms with E-state index in [1.807, 2.05) is 0 Å². The number of carboxylic acids is 1. The molecular weight excluding hydrogens is 347 g/mol. The van der Waals surface area contributed by atoms with Crippen LogP contribution < -0.4 is 5.32 Å². The molecule has 8 nitrogen and oxygen atoms in total. The van der Waals surface area contributed by atoms with Gasteiger partial charge in [-0.3, -0.25) is 14.9 Å². The number of nitrogens with one attached hydrogen (secondary N) is 1. The van der Waals surface area contributed by atoms with Crippen molar-refractivity contribution in [3.8, 4) is 0 Å². The smallest absolute Gasteiger partial charge is 0.423 e. The van der Waals surface area contributed by atoms with Crippen molar-refractivity contribution >= 4 is 23.4 Å². The molecule has 2 N–H and O–H groups in total. The summed E-state index contributed by atoms with van der Waals surface area (Å²) in [6, 6.07) is 1.50. The summed E-state index contributed by atoms with van der Waals surface area (Å²) in [5.74, 6) is -1.51. The van der Waals surface area contributed by atoms with Gasteiger partial charge in [0.05, 0.1) is 10.8 Å². The molecule has 25 heavy (non-hydrogen) atoms. The molecule has 0 atom stereocenters. The number of benzene rings is 1. The Morgan fingerprint density at radius 3 is 2.36 bits per heavy atom. The Bertz CT molecular complexity index is 699. The third-order valence-corrected chi connectivity index (χ3v) is 3.88. The number of urea groups is 1. The number of piperidine rings is 1. The lowest BCUT2D eigenvalue weighted by atomic mass is 9.97. The largest absolute Gasteiger partial charge is 0.481 e. The second-order valence-electron chi connectivity index (χ2n) is 5.52. The van der Waals surface area contributed by atoms with Crippen LogP contribution in [0.2, 0.25) is 0 Å². The fourth-order valence-electron chi connectivity index (χ4n) is 2.53. The van der Waals surface area contributed by atoms with Crippen molar-refractivity contribution in [2.45, 2.75) is 19.0 Å². The molecule has 0 unspecified atom stereocenters. The third-order valence-electron chi connectivity index (χ3n) is 3.88. The van der Waals surface area contributed by atoms with Gasteiger partial charge in [0.25, 0.3) is 5.69 Å². The molecule has 0 radical (unpaired) electrons. The Morgan fingerprint density at radius 1 is 1.28 bits per heavy atom. The molecule has 0 aromatic heterocycles. The van der Waals surface area contributed by atoms with E-state index in [-0.39, 0.29) is 31.6 Å². The number of anilines is 1. The predicted octanol–water partition coefficient (Wildman–Crippen LogP) is 2.94. The Kier molecular flexibility index (Phi) is 5.14. The number of halogens is 3. The van der Waals surface area contributed by atoms with E-state index in [1.165, 1.54) is 4.90 Å². The molecule has 136 valence electrons. The van der Waals surface area contributed by atoms with E-state index in [0.29, 0.717) is 12.1 Å². The predicted molar refractivity (Wildman–Crippen MR) is 79.0 cm³/mol. The van der Waals surface area contributed by atoms with Crippen molar-refractivity contribution in [1.82, 2.24) is 4.90 Å². The molecule has 1 aliphatic rings. The first-order chi connectivity index (χ1) is 11.6. The lowest BCUT2D eigenvalue weighted by Crippen LogP contribution is -2.42. The van der Waals surface area contributed by atoms with Gasteiger partial charge in [-0.1, -0.05) is 0 Å². The first-order valence-electron chi connectivity index (χ1n) is 7.24. The Morgan fingerprint density at radius 2 is 1.88 bits per heavy atom. The molecule has 2 amide bonds. The molecule has 1 saturated heterocycles. The molecule has 1 aromatic rings. The summed E-state index contributed by atoms with van der Waals surface area (Å²) in [5.41, 5.74) is -2.80. The van der Waals surface area contributed by atoms with Gasteiger partial charge in [-0.05, 0) is 25.0 Å². The standard InChI is InChI=1S/C14H14F3N3O5/c15-14(16,17)10-7-9(1-2-11(10)20(24)25)18-13(23)19-5-3-8(4-6-19)12(21)22/h1-2,7-8H,3-6H2,(H,18,23)(H,21,22). The minimum Gasteiger partial charge on any atom is -0.481 e. The van der Waals surface area contributed by atoms with E-state index >= 15 is 0 Å². The number of alkyl halides is 3. The number of rotatable bonds is 3. The summed E-state index contributed by atoms with van der Waals surface area (Å²) in [6.07, 6.45) is -4.45. The molecule has 0 aliphatic carbocycles. The summed E-state index contributed by atoms with van der Waals surface area (Å²) in [7, 11) is 0. The van der Waals surface area contributed by atoms with Crippen molar-refractivity contribution < 1.29 is 32.8 Å². The number of hydrogen-bond acceptors (Lipinski definition) is 4. The van der Waals surface area contributed by atoms with E-state index in [1.54, 1.807) is 0 Å². The molecular formula is C14H14F3N3O5. The zero-order chi connectivity index (χ0) is 18.8. The highest BCUT2D eigenvalue weighted by atomic mass is 19.4. The van der Waals surface area contributed by atoms with Crippen molar-refractivity contribution in [2.24, 2.45) is 5.92 Å². The maximum atomic E-state index is 12.9. The second kappa shape index (κ2) is 6.95. The van der Waals surface area contributed by atoms with Gasteiger partial charge in [0.1, 0.15) is 5.56 Å². The van der Waals surface area contributed by atoms with Crippen LogP contribution in [0.25, 0.3) is 0 Å². The Labute approximate surface area is 139 Å². The van der Waals surface area contributed by atoms with Crippen LogP contribution in [0.1, 0.15) is 18.4 Å². The van der Waals surface area contributed by atoms with E-state index in [0.717, 1.165) is 6.07 Å². The van der Waals surface area contributed by atoms with Gasteiger partial charge in [-0.15, -0.1) is 0 Å². The molecule has 11 heteroatoms. The van der Waals surface area contributed by atoms with Gasteiger partial charge in [0, 0.05) is 24.8 Å². The zero-order valence-electron chi connectivity index (χ0n) is 12.7. The Balaban J connectivity index is 2.11. The van der Waals surface area contributed by atoms with Gasteiger partial charge in [-0.2, -0.15) is 13.2 Å². The van der Waals surface area contributed by atoms with E-state index < -0.39 is 40.3 Å². The zero-order valence-corrected chi connectivity index (χ0v) is 12.7. The lowest BCUT2D eigenvalue weighted by molar-refractivity contribution is -0.388. The number of carboxylic acid groups (broad SMARTS) is 1. The average Bonchev–Trinajstić information content (AvgIpc) is 2.53. The highest BCUT2D eigenvalue weighted by Crippen LogP contribution is 2.37. The number of nitrogens with zero attached hydrogens (tertiary/aromatic N) is 2. The topological polar surface area (TPSA) is 113 Å². The van der Waals surface area contributed by atoms with Crippen LogP contribution in [-0.4, -0.2) is 40.0 Å². The summed E-state index contributed by atoms with van der Waals surface area (Å²) in [6.45, 7) is 0.309. The number of aliphatic carboxylic acids is 1. The van der Waals surface area contributed by atoms with Gasteiger partial charge in [-0.25, -0.2) is 4.79 Å². The third kappa shape index (κ3) is 4.37. The second-order valence-corrected chi connectivity index (χ2v) is 5.52. The molecule has 1 aliphatic heterocycles. The van der Waals surface area contributed by atoms with Crippen LogP contribution in [0.4, 0.5) is 29.3 Å². The molecule has 0 saturated carbocycles. The van der Waals surface area contributed by atoms with Gasteiger partial charge in [0.15, 0.2) is 0 Å². The number of hydrogen-bond donors (Lipinski definition) is 2. The van der Waals surface area contributed by atoms with Crippen molar-refractivity contribution in [1.29, 1.82) is 0 Å². The van der Waals surface area contributed by atoms with Crippen LogP contribution in [0, 0.1) is 16.0 Å². The number of carbonyl (C=O) groups excluding carboxylic acids is 1. The number of likely N-dealkylation sites (tertiary alicyclic amines) is 1. The number of carbonyl (C=O) groups is 2. The highest BCUT2D eigenvalue weighted by Gasteiger charge is 2.38. The molecule has 0 spiro atoms. The maximum absolute atomic E-state index is 12.9. The fraction of sp³-hybridized carbons (Fsp3) is 0.429. The van der Waals surface area contributed by atoms with E-state index in [4.69, 9.17) is 5.11 Å². The quantitative estimate of drug-likeness (QED) is 0.635. The SMILES string of the molecule is O=C(O)C1CCN(C(=O)Nc2ccc([N+](=O)[O-])c(C(F)(F)F)c2)CC1. The lowest BCUT2D eigenvalue weighted by Gasteiger charge is -2.30. The van der Waals surface area contributed by atoms with Crippen LogP contribution in [0.15, 0.2) is 18.2 Å². The van der Waals surface area contributed by atoms with Gasteiger partial charge >= 0.3 is 18.2 Å². The van der Waals surface area contributed by atoms with Crippen molar-refractivity contribution in [3.63, 3.8) is 0 Å². The van der Waals surface area contributed by atoms with Gasteiger partial charge in [0.2, 0.25) is 0 Å². The number of nitro groups is 1. The first kappa shape index (κ1) is 18.5. The first-order valence-corrected chi connectivity index (χ1v) is 7.24. The molecule has 1 aromatic carbocycles. The average molecular weight is 361 g/mol. The fourth-order valence-corrected chi connectivity index (χ4v) is 2.53. The minimum atomic E-state index is -4.94. The molecule has 1 heterocycles. The van der Waals surface area contributed by atoms with E-state index in [9.17, 15) is 32.9 Å². The molecule has 2 rings (SSSR count). The highest BCUT2D eigenvalue weighted by molar-refractivity contribution is 5.90. The van der Waals surface area contributed by atoms with Crippen LogP contribution in [0.3, 0.4) is 0 Å². The summed E-state index contributed by atoms with van der Waals surface area (Å²) >= 11 is 0. The summed E-state index contributed by atoms with van der Waals surface area (Å²) in [4.78, 5) is 33.8. The van der Waals surface area contributed by atoms with Crippen LogP contribution in [0.5, 0.6) is 0 Å². The number of nitro benzene ring substituents is 1. The van der Waals surface area contributed by atoms with Crippen LogP contribution in [-0.2, 0) is 11.0 Å². The van der Waals surface area contributed by atoms with Crippen molar-refractivity contribution in [3.05, 3.63) is 33.9 Å². The summed E-state index contributed by atoms with van der Waals surface area (Å²) in [5, 5.41) is 21.8. The summed E-state index contributed by atoms with van der Waals surface area (Å²) < 4.78 is 38.7. The van der Waals surface area contributed by atoms with Crippen LogP contribution >= 0.6 is 0 Å². The maximum Gasteiger partial charge on any atom is 0.423 e. The molecule has 1 fully saturated rings. The number of amides is 2. The molecule has 0 bridgehead atoms. The normalized spacial score (nSPS) is 15.7.